The quantitative estimate of drug-likeness (QED) is 0.561. The van der Waals surface area contributed by atoms with Crippen molar-refractivity contribution < 1.29 is 8.80 Å². The van der Waals surface area contributed by atoms with Crippen LogP contribution in [-0.2, 0) is 0 Å². The van der Waals surface area contributed by atoms with Gasteiger partial charge in [-0.15, -0.1) is 6.82 Å². The van der Waals surface area contributed by atoms with Crippen LogP contribution in [0.5, 0.6) is 0 Å². The molecule has 1 fully saturated rings. The number of hydrogen-bond acceptors (Lipinski definition) is 2. The number of quaternary nitrogens is 1. The Morgan fingerprint density at radius 3 is 2.00 bits per heavy atom. The lowest BCUT2D eigenvalue weighted by molar-refractivity contribution is -0.897. The molecule has 0 unspecified atom stereocenters. The summed E-state index contributed by atoms with van der Waals surface area (Å²) in [6.07, 6.45) is 2.82. The van der Waals surface area contributed by atoms with Crippen molar-refractivity contribution in [2.75, 3.05) is 26.7 Å². The summed E-state index contributed by atoms with van der Waals surface area (Å²) in [4.78, 5) is 0. The van der Waals surface area contributed by atoms with E-state index < -0.39 is 6.42 Å². The molecule has 5 heteroatoms. The minimum absolute atomic E-state index is 0.972. The highest BCUT2D eigenvalue weighted by atomic mass is 19.1. The van der Waals surface area contributed by atoms with Crippen molar-refractivity contribution in [1.82, 2.24) is 0 Å². The van der Waals surface area contributed by atoms with Crippen molar-refractivity contribution in [3.05, 3.63) is 0 Å². The van der Waals surface area contributed by atoms with Crippen LogP contribution in [0.15, 0.2) is 0 Å². The summed E-state index contributed by atoms with van der Waals surface area (Å²) in [7, 11) is 2.41. The van der Waals surface area contributed by atoms with E-state index in [0.717, 1.165) is 6.82 Å². The number of nitrogens with zero attached hydrogens (tertiary/aromatic N) is 3. The van der Waals surface area contributed by atoms with E-state index in [2.05, 4.69) is 14.0 Å². The van der Waals surface area contributed by atoms with Crippen LogP contribution < -0.4 is 0 Å². The second-order valence-electron chi connectivity index (χ2n) is 5.27. The number of rotatable bonds is 3. The zero-order chi connectivity index (χ0) is 13.4. The molecule has 1 saturated heterocycles. The maximum atomic E-state index is 11.9. The molecule has 1 heterocycles. The maximum Gasteiger partial charge on any atom is 0.341 e. The van der Waals surface area contributed by atoms with Gasteiger partial charge in [0.25, 0.3) is 0 Å². The average molecular weight is 239 g/mol. The lowest BCUT2D eigenvalue weighted by Crippen LogP contribution is -2.41. The largest absolute Gasteiger partial charge is 0.480 e. The molecule has 0 radical (unpaired) electrons. The number of hydrogen-bond donors (Lipinski definition) is 0. The molecule has 96 valence electrons. The molecule has 0 spiro atoms. The van der Waals surface area contributed by atoms with Gasteiger partial charge in [0.2, 0.25) is 0 Å². The van der Waals surface area contributed by atoms with Crippen LogP contribution in [0.4, 0.5) is 4.32 Å². The van der Waals surface area contributed by atoms with E-state index in [-0.39, 0.29) is 0 Å². The Hall–Kier alpha value is -1.07. The van der Waals surface area contributed by atoms with Gasteiger partial charge in [0.1, 0.15) is 0 Å². The minimum atomic E-state index is -2.86. The summed E-state index contributed by atoms with van der Waals surface area (Å²) in [5.74, 6) is 2.45. The van der Waals surface area contributed by atoms with Crippen LogP contribution in [0.1, 0.15) is 32.6 Å². The molecule has 1 rings (SSSR count). The molecule has 17 heavy (non-hydrogen) atoms. The van der Waals surface area contributed by atoms with Gasteiger partial charge in [0.05, 0.1) is 26.7 Å². The van der Waals surface area contributed by atoms with Crippen molar-refractivity contribution in [3.63, 3.8) is 0 Å². The Bertz CT molecular complexity index is 282. The summed E-state index contributed by atoms with van der Waals surface area (Å²) in [6, 6.07) is 0. The molecule has 3 nitrogen and oxygen atoms in total. The van der Waals surface area contributed by atoms with Crippen molar-refractivity contribution in [2.45, 2.75) is 39.4 Å². The van der Waals surface area contributed by atoms with Gasteiger partial charge in [-0.25, -0.2) is 10.5 Å². The smallest absolute Gasteiger partial charge is 0.341 e. The SMILES string of the molecule is CCCC[N+]1(C)CCCC1.C[B-](F)(C#N)C#N. The Morgan fingerprint density at radius 1 is 1.24 bits per heavy atom. The molecular weight excluding hydrogens is 216 g/mol. The van der Waals surface area contributed by atoms with E-state index in [1.54, 1.807) is 0 Å². The number of likely N-dealkylation sites (tertiary alicyclic amines) is 1. The summed E-state index contributed by atoms with van der Waals surface area (Å²) >= 11 is 0. The predicted octanol–water partition coefficient (Wildman–Crippen LogP) is 2.68. The van der Waals surface area contributed by atoms with E-state index >= 15 is 0 Å². The normalized spacial score (nSPS) is 17.5. The average Bonchev–Trinajstić information content (AvgIpc) is 2.75. The summed E-state index contributed by atoms with van der Waals surface area (Å²) in [5, 5.41) is 15.5. The van der Waals surface area contributed by atoms with Gasteiger partial charge in [-0.1, -0.05) is 25.3 Å². The highest BCUT2D eigenvalue weighted by Crippen LogP contribution is 2.16. The highest BCUT2D eigenvalue weighted by molar-refractivity contribution is 6.86. The summed E-state index contributed by atoms with van der Waals surface area (Å²) < 4.78 is 13.2. The molecule has 0 atom stereocenters. The molecule has 1 aliphatic heterocycles. The zero-order valence-electron chi connectivity index (χ0n) is 11.2. The van der Waals surface area contributed by atoms with Gasteiger partial charge >= 0.3 is 6.42 Å². The monoisotopic (exact) mass is 239 g/mol. The fraction of sp³-hybridized carbons (Fsp3) is 0.833. The maximum absolute atomic E-state index is 11.9. The van der Waals surface area contributed by atoms with Crippen LogP contribution in [0.25, 0.3) is 0 Å². The lowest BCUT2D eigenvalue weighted by atomic mass is 9.49. The van der Waals surface area contributed by atoms with Gasteiger partial charge in [-0.2, -0.15) is 0 Å². The topological polar surface area (TPSA) is 47.6 Å². The summed E-state index contributed by atoms with van der Waals surface area (Å²) in [6.45, 7) is 7.53. The van der Waals surface area contributed by atoms with Crippen LogP contribution in [0.2, 0.25) is 6.82 Å². The second kappa shape index (κ2) is 7.30. The predicted molar refractivity (Wildman–Crippen MR) is 68.9 cm³/mol. The van der Waals surface area contributed by atoms with Crippen LogP contribution in [-0.4, -0.2) is 37.6 Å². The zero-order valence-corrected chi connectivity index (χ0v) is 11.2. The first kappa shape index (κ1) is 15.9. The standard InChI is InChI=1S/C9H20N.C3H3BFN2/c1-3-4-7-10(2)8-5-6-9-10;1-4(5,2-6)3-7/h3-9H2,1-2H3;1H3/q+1;-1. The Labute approximate surface area is 104 Å². The van der Waals surface area contributed by atoms with Gasteiger partial charge in [-0.05, 0) is 6.42 Å². The van der Waals surface area contributed by atoms with Crippen molar-refractivity contribution in [2.24, 2.45) is 0 Å². The first-order chi connectivity index (χ1) is 7.89. The number of unbranched alkanes of at least 4 members (excludes halogenated alkanes) is 1. The van der Waals surface area contributed by atoms with E-state index in [1.807, 2.05) is 0 Å². The Kier molecular flexibility index (Phi) is 6.84. The van der Waals surface area contributed by atoms with E-state index in [1.165, 1.54) is 61.7 Å². The van der Waals surface area contributed by atoms with Crippen LogP contribution in [0.3, 0.4) is 0 Å². The molecular formula is C12H23BFN3. The van der Waals surface area contributed by atoms with Crippen molar-refractivity contribution in [1.29, 1.82) is 10.5 Å². The molecule has 0 aliphatic carbocycles. The summed E-state index contributed by atoms with van der Waals surface area (Å²) in [5.41, 5.74) is 0. The fourth-order valence-electron chi connectivity index (χ4n) is 1.89. The molecule has 0 aromatic rings. The fourth-order valence-corrected chi connectivity index (χ4v) is 1.89. The van der Waals surface area contributed by atoms with E-state index in [9.17, 15) is 4.32 Å². The molecule has 0 aromatic heterocycles. The van der Waals surface area contributed by atoms with E-state index in [4.69, 9.17) is 10.5 Å². The molecule has 0 amide bonds. The van der Waals surface area contributed by atoms with Crippen molar-refractivity contribution >= 4 is 6.42 Å². The van der Waals surface area contributed by atoms with Crippen LogP contribution >= 0.6 is 0 Å². The molecule has 0 bridgehead atoms. The Balaban J connectivity index is 0.000000325. The van der Waals surface area contributed by atoms with E-state index in [0.29, 0.717) is 0 Å². The lowest BCUT2D eigenvalue weighted by Gasteiger charge is -2.28. The van der Waals surface area contributed by atoms with Crippen LogP contribution in [0, 0.1) is 22.5 Å². The third-order valence-corrected chi connectivity index (χ3v) is 3.18. The first-order valence-corrected chi connectivity index (χ1v) is 6.42. The van der Waals surface area contributed by atoms with Gasteiger partial charge in [-0.3, -0.25) is 0 Å². The Morgan fingerprint density at radius 2 is 1.71 bits per heavy atom. The van der Waals surface area contributed by atoms with Gasteiger partial charge < -0.3 is 8.80 Å². The van der Waals surface area contributed by atoms with Gasteiger partial charge in [0, 0.05) is 12.8 Å². The number of halogens is 1. The second-order valence-corrected chi connectivity index (χ2v) is 5.27. The molecule has 1 aliphatic rings. The minimum Gasteiger partial charge on any atom is -0.480 e. The molecule has 0 aromatic carbocycles. The highest BCUT2D eigenvalue weighted by Gasteiger charge is 2.25. The molecule has 0 saturated carbocycles. The number of nitriles is 2. The van der Waals surface area contributed by atoms with Crippen molar-refractivity contribution in [3.8, 4) is 11.9 Å². The third kappa shape index (κ3) is 6.97. The third-order valence-electron chi connectivity index (χ3n) is 3.18. The molecule has 0 N–H and O–H groups in total. The van der Waals surface area contributed by atoms with Gasteiger partial charge in [0.15, 0.2) is 0 Å². The first-order valence-electron chi connectivity index (χ1n) is 6.42.